The highest BCUT2D eigenvalue weighted by molar-refractivity contribution is 7.99. The molecule has 2 aliphatic carbocycles. The summed E-state index contributed by atoms with van der Waals surface area (Å²) in [4.78, 5) is 6.72. The smallest absolute Gasteiger partial charge is 0.168 e. The van der Waals surface area contributed by atoms with Gasteiger partial charge in [0.2, 0.25) is 0 Å². The van der Waals surface area contributed by atoms with E-state index in [2.05, 4.69) is 9.87 Å². The quantitative estimate of drug-likeness (QED) is 0.635. The van der Waals surface area contributed by atoms with Crippen LogP contribution in [0, 0.1) is 0 Å². The van der Waals surface area contributed by atoms with E-state index in [4.69, 9.17) is 5.21 Å². The molecule has 2 N–H and O–H groups in total. The van der Waals surface area contributed by atoms with Gasteiger partial charge in [-0.1, -0.05) is 0 Å². The molecule has 3 nitrogen and oxygen atoms in total. The van der Waals surface area contributed by atoms with Gasteiger partial charge in [-0.3, -0.25) is 0 Å². The largest absolute Gasteiger partial charge is 0.306 e. The Bertz CT molecular complexity index is 557. The second kappa shape index (κ2) is 3.20. The average Bonchev–Trinajstić information content (AvgIpc) is 2.54. The predicted octanol–water partition coefficient (Wildman–Crippen LogP) is 2.48. The zero-order valence-corrected chi connectivity index (χ0v) is 10.2. The Balaban J connectivity index is 2.03. The molecule has 0 saturated heterocycles. The van der Waals surface area contributed by atoms with Gasteiger partial charge >= 0.3 is 0 Å². The van der Waals surface area contributed by atoms with E-state index in [-0.39, 0.29) is 0 Å². The molecule has 1 aromatic heterocycles. The van der Waals surface area contributed by atoms with Crippen molar-refractivity contribution in [2.24, 2.45) is 0 Å². The first kappa shape index (κ1) is 9.41. The minimum atomic E-state index is 0.909. The summed E-state index contributed by atoms with van der Waals surface area (Å²) in [5.74, 6) is 0. The van der Waals surface area contributed by atoms with Gasteiger partial charge in [-0.2, -0.15) is 0 Å². The van der Waals surface area contributed by atoms with Crippen LogP contribution in [0.5, 0.6) is 0 Å². The first-order valence-electron chi connectivity index (χ1n) is 5.40. The molecule has 0 aliphatic heterocycles. The van der Waals surface area contributed by atoms with Gasteiger partial charge in [0.15, 0.2) is 4.34 Å². The molecule has 82 valence electrons. The minimum Gasteiger partial charge on any atom is -0.306 e. The molecule has 5 heteroatoms. The SMILES string of the molecule is ONSc1nc2c3c(c4c(c2s1)CC4)CC3. The molecule has 1 heterocycles. The topological polar surface area (TPSA) is 45.1 Å². The summed E-state index contributed by atoms with van der Waals surface area (Å²) in [6.07, 6.45) is 4.88. The standard InChI is InChI=1S/C11H10N2OS2/c14-13-16-11-12-9-7-3-1-5(7)6-2-4-8(6)10(9)15-11/h13-14H,1-4H2. The van der Waals surface area contributed by atoms with Gasteiger partial charge in [-0.15, -0.1) is 16.2 Å². The van der Waals surface area contributed by atoms with Gasteiger partial charge < -0.3 is 5.21 Å². The van der Waals surface area contributed by atoms with Crippen LogP contribution in [-0.2, 0) is 25.7 Å². The zero-order valence-electron chi connectivity index (χ0n) is 8.54. The lowest BCUT2D eigenvalue weighted by Gasteiger charge is -2.31. The van der Waals surface area contributed by atoms with E-state index in [0.717, 1.165) is 4.34 Å². The van der Waals surface area contributed by atoms with Gasteiger partial charge in [0.25, 0.3) is 0 Å². The molecule has 0 spiro atoms. The fourth-order valence-corrected chi connectivity index (χ4v) is 4.39. The van der Waals surface area contributed by atoms with Gasteiger partial charge in [-0.05, 0) is 47.9 Å². The lowest BCUT2D eigenvalue weighted by Crippen LogP contribution is -2.21. The minimum absolute atomic E-state index is 0.909. The summed E-state index contributed by atoms with van der Waals surface area (Å²) in [5, 5.41) is 8.70. The van der Waals surface area contributed by atoms with Gasteiger partial charge in [0, 0.05) is 11.9 Å². The fourth-order valence-electron chi connectivity index (χ4n) is 2.72. The van der Waals surface area contributed by atoms with Crippen molar-refractivity contribution in [3.05, 3.63) is 22.3 Å². The summed E-state index contributed by atoms with van der Waals surface area (Å²) in [6, 6.07) is 0. The summed E-state index contributed by atoms with van der Waals surface area (Å²) in [5.41, 5.74) is 7.37. The molecular formula is C11H10N2OS2. The van der Waals surface area contributed by atoms with E-state index < -0.39 is 0 Å². The average molecular weight is 250 g/mol. The van der Waals surface area contributed by atoms with Crippen LogP contribution in [0.4, 0.5) is 0 Å². The second-order valence-corrected chi connectivity index (χ2v) is 6.30. The van der Waals surface area contributed by atoms with Crippen LogP contribution in [0.25, 0.3) is 10.2 Å². The van der Waals surface area contributed by atoms with E-state index >= 15 is 0 Å². The van der Waals surface area contributed by atoms with Gasteiger partial charge in [0.1, 0.15) is 0 Å². The number of rotatable bonds is 2. The van der Waals surface area contributed by atoms with Crippen LogP contribution in [0.2, 0.25) is 0 Å². The van der Waals surface area contributed by atoms with Crippen molar-refractivity contribution in [1.29, 1.82) is 0 Å². The third-order valence-corrected chi connectivity index (χ3v) is 5.41. The van der Waals surface area contributed by atoms with Gasteiger partial charge in [0.05, 0.1) is 10.2 Å². The fraction of sp³-hybridized carbons (Fsp3) is 0.364. The third-order valence-electron chi connectivity index (χ3n) is 3.64. The first-order chi connectivity index (χ1) is 7.88. The van der Waals surface area contributed by atoms with Gasteiger partial charge in [-0.25, -0.2) is 4.98 Å². The second-order valence-electron chi connectivity index (χ2n) is 4.27. The monoisotopic (exact) mass is 250 g/mol. The molecule has 2 aromatic rings. The third kappa shape index (κ3) is 1.04. The lowest BCUT2D eigenvalue weighted by molar-refractivity contribution is 0.258. The molecular weight excluding hydrogens is 240 g/mol. The maximum Gasteiger partial charge on any atom is 0.168 e. The lowest BCUT2D eigenvalue weighted by atomic mass is 9.74. The maximum absolute atomic E-state index is 8.70. The molecule has 0 amide bonds. The number of fused-ring (bicyclic) bond motifs is 6. The normalized spacial score (nSPS) is 16.6. The number of aromatic nitrogens is 1. The molecule has 0 unspecified atom stereocenters. The van der Waals surface area contributed by atoms with E-state index in [1.165, 1.54) is 59.0 Å². The van der Waals surface area contributed by atoms with Crippen molar-refractivity contribution in [2.75, 3.05) is 0 Å². The van der Waals surface area contributed by atoms with Crippen molar-refractivity contribution in [3.63, 3.8) is 0 Å². The number of benzene rings is 1. The van der Waals surface area contributed by atoms with Crippen LogP contribution in [0.15, 0.2) is 4.34 Å². The van der Waals surface area contributed by atoms with Crippen molar-refractivity contribution in [2.45, 2.75) is 30.0 Å². The van der Waals surface area contributed by atoms with Crippen LogP contribution in [0.3, 0.4) is 0 Å². The number of aryl methyl sites for hydroxylation is 2. The Hall–Kier alpha value is -0.620. The number of hydrogen-bond donors (Lipinski definition) is 2. The van der Waals surface area contributed by atoms with E-state index in [0.29, 0.717) is 0 Å². The Labute approximate surface area is 101 Å². The maximum atomic E-state index is 8.70. The van der Waals surface area contributed by atoms with Crippen LogP contribution in [0.1, 0.15) is 22.3 Å². The zero-order chi connectivity index (χ0) is 10.7. The number of nitrogens with zero attached hydrogens (tertiary/aromatic N) is 1. The highest BCUT2D eigenvalue weighted by atomic mass is 32.2. The molecule has 4 rings (SSSR count). The Morgan fingerprint density at radius 2 is 1.75 bits per heavy atom. The summed E-state index contributed by atoms with van der Waals surface area (Å²) < 4.78 is 2.27. The first-order valence-corrected chi connectivity index (χ1v) is 7.03. The molecule has 16 heavy (non-hydrogen) atoms. The van der Waals surface area contributed by atoms with E-state index in [9.17, 15) is 0 Å². The summed E-state index contributed by atoms with van der Waals surface area (Å²) >= 11 is 2.89. The number of thiazole rings is 1. The van der Waals surface area contributed by atoms with Crippen molar-refractivity contribution in [3.8, 4) is 0 Å². The van der Waals surface area contributed by atoms with Crippen molar-refractivity contribution >= 4 is 33.5 Å². The van der Waals surface area contributed by atoms with Crippen molar-refractivity contribution in [1.82, 2.24) is 9.87 Å². The molecule has 0 fully saturated rings. The molecule has 0 bridgehead atoms. The Morgan fingerprint density at radius 3 is 2.38 bits per heavy atom. The molecule has 1 aromatic carbocycles. The van der Waals surface area contributed by atoms with E-state index in [1.807, 2.05) is 0 Å². The van der Waals surface area contributed by atoms with Crippen LogP contribution < -0.4 is 4.89 Å². The Kier molecular flexibility index (Phi) is 1.88. The Morgan fingerprint density at radius 1 is 1.06 bits per heavy atom. The highest BCUT2D eigenvalue weighted by Crippen LogP contribution is 2.45. The molecule has 0 saturated carbocycles. The predicted molar refractivity (Wildman–Crippen MR) is 65.2 cm³/mol. The van der Waals surface area contributed by atoms with E-state index in [1.54, 1.807) is 22.5 Å². The summed E-state index contributed by atoms with van der Waals surface area (Å²) in [7, 11) is 0. The molecule has 0 radical (unpaired) electrons. The number of nitrogens with one attached hydrogen (secondary N) is 1. The van der Waals surface area contributed by atoms with Crippen LogP contribution in [-0.4, -0.2) is 10.2 Å². The number of hydrogen-bond acceptors (Lipinski definition) is 5. The van der Waals surface area contributed by atoms with Crippen LogP contribution >= 0.6 is 23.3 Å². The molecule has 0 atom stereocenters. The summed E-state index contributed by atoms with van der Waals surface area (Å²) in [6.45, 7) is 0. The van der Waals surface area contributed by atoms with Crippen molar-refractivity contribution < 1.29 is 5.21 Å². The molecule has 2 aliphatic rings. The highest BCUT2D eigenvalue weighted by Gasteiger charge is 2.30.